The Balaban J connectivity index is 1.60. The number of hydrogen-bond donors (Lipinski definition) is 0. The van der Waals surface area contributed by atoms with E-state index in [0.717, 1.165) is 12.0 Å². The summed E-state index contributed by atoms with van der Waals surface area (Å²) in [6.45, 7) is 2.82. The summed E-state index contributed by atoms with van der Waals surface area (Å²) in [5.41, 5.74) is 3.69. The summed E-state index contributed by atoms with van der Waals surface area (Å²) >= 11 is 0. The predicted octanol–water partition coefficient (Wildman–Crippen LogP) is 5.91. The van der Waals surface area contributed by atoms with E-state index >= 15 is 0 Å². The lowest BCUT2D eigenvalue weighted by Gasteiger charge is -2.22. The fourth-order valence-corrected chi connectivity index (χ4v) is 4.10. The quantitative estimate of drug-likeness (QED) is 0.537. The van der Waals surface area contributed by atoms with Gasteiger partial charge in [-0.1, -0.05) is 56.5 Å². The fraction of sp³-hybridized carbons (Fsp3) is 0.400. The highest BCUT2D eigenvalue weighted by Crippen LogP contribution is 2.28. The second kappa shape index (κ2) is 8.64. The number of ether oxygens (including phenoxy) is 1. The summed E-state index contributed by atoms with van der Waals surface area (Å²) in [5, 5.41) is 0.570. The standard InChI is InChI=1S/C25H28O3/c1-2-18-11-13-19(14-12-18)15-21-17-28-23-10-6-9-22(24(23)25(21)26)27-16-20-7-4-3-5-8-20/h6,9-14,17,20H,2-5,7-8,15-16H2,1H3. The van der Waals surface area contributed by atoms with Crippen LogP contribution in [0.25, 0.3) is 11.0 Å². The molecule has 1 aliphatic carbocycles. The lowest BCUT2D eigenvalue weighted by molar-refractivity contribution is 0.210. The third-order valence-electron chi connectivity index (χ3n) is 5.86. The van der Waals surface area contributed by atoms with Gasteiger partial charge in [-0.05, 0) is 48.4 Å². The van der Waals surface area contributed by atoms with Crippen molar-refractivity contribution in [2.24, 2.45) is 5.92 Å². The summed E-state index contributed by atoms with van der Waals surface area (Å²) < 4.78 is 11.9. The van der Waals surface area contributed by atoms with E-state index in [2.05, 4.69) is 31.2 Å². The molecule has 1 heterocycles. The van der Waals surface area contributed by atoms with Crippen LogP contribution in [0.3, 0.4) is 0 Å². The zero-order valence-electron chi connectivity index (χ0n) is 16.6. The van der Waals surface area contributed by atoms with E-state index in [1.165, 1.54) is 37.7 Å². The van der Waals surface area contributed by atoms with Crippen LogP contribution in [0.5, 0.6) is 5.75 Å². The minimum Gasteiger partial charge on any atom is -0.492 e. The third-order valence-corrected chi connectivity index (χ3v) is 5.86. The van der Waals surface area contributed by atoms with E-state index in [1.807, 2.05) is 18.2 Å². The molecule has 0 spiro atoms. The molecule has 28 heavy (non-hydrogen) atoms. The van der Waals surface area contributed by atoms with Crippen molar-refractivity contribution in [2.45, 2.75) is 51.9 Å². The minimum atomic E-state index is 0.0139. The van der Waals surface area contributed by atoms with Crippen molar-refractivity contribution in [1.29, 1.82) is 0 Å². The first kappa shape index (κ1) is 18.8. The van der Waals surface area contributed by atoms with Gasteiger partial charge in [0.15, 0.2) is 5.43 Å². The van der Waals surface area contributed by atoms with Crippen molar-refractivity contribution in [3.05, 3.63) is 75.6 Å². The van der Waals surface area contributed by atoms with Gasteiger partial charge in [0.25, 0.3) is 0 Å². The maximum Gasteiger partial charge on any atom is 0.199 e. The summed E-state index contributed by atoms with van der Waals surface area (Å²) in [7, 11) is 0. The van der Waals surface area contributed by atoms with E-state index < -0.39 is 0 Å². The molecule has 3 heteroatoms. The van der Waals surface area contributed by atoms with E-state index in [1.54, 1.807) is 6.26 Å². The highest BCUT2D eigenvalue weighted by Gasteiger charge is 2.17. The van der Waals surface area contributed by atoms with Crippen molar-refractivity contribution in [2.75, 3.05) is 6.61 Å². The zero-order valence-corrected chi connectivity index (χ0v) is 16.6. The van der Waals surface area contributed by atoms with Gasteiger partial charge in [-0.2, -0.15) is 0 Å². The van der Waals surface area contributed by atoms with Crippen molar-refractivity contribution in [3.63, 3.8) is 0 Å². The predicted molar refractivity (Wildman–Crippen MR) is 113 cm³/mol. The molecule has 1 aromatic heterocycles. The molecule has 146 valence electrons. The maximum absolute atomic E-state index is 13.2. The van der Waals surface area contributed by atoms with Crippen LogP contribution in [0.4, 0.5) is 0 Å². The van der Waals surface area contributed by atoms with Crippen molar-refractivity contribution in [3.8, 4) is 5.75 Å². The molecule has 0 atom stereocenters. The highest BCUT2D eigenvalue weighted by atomic mass is 16.5. The van der Waals surface area contributed by atoms with Gasteiger partial charge < -0.3 is 9.15 Å². The molecule has 1 fully saturated rings. The molecule has 1 aliphatic rings. The van der Waals surface area contributed by atoms with E-state index in [-0.39, 0.29) is 5.43 Å². The van der Waals surface area contributed by atoms with Gasteiger partial charge in [0.2, 0.25) is 0 Å². The Hall–Kier alpha value is -2.55. The van der Waals surface area contributed by atoms with Crippen LogP contribution in [-0.4, -0.2) is 6.61 Å². The second-order valence-electron chi connectivity index (χ2n) is 7.88. The van der Waals surface area contributed by atoms with Crippen LogP contribution in [0.15, 0.2) is 57.9 Å². The molecule has 0 radical (unpaired) electrons. The van der Waals surface area contributed by atoms with Gasteiger partial charge in [-0.15, -0.1) is 0 Å². The Kier molecular flexibility index (Phi) is 5.80. The molecule has 0 N–H and O–H groups in total. The van der Waals surface area contributed by atoms with Crippen LogP contribution in [-0.2, 0) is 12.8 Å². The molecule has 3 aromatic rings. The molecule has 0 unspecified atom stereocenters. The second-order valence-corrected chi connectivity index (χ2v) is 7.88. The highest BCUT2D eigenvalue weighted by molar-refractivity contribution is 5.83. The Bertz CT molecular complexity index is 979. The first-order valence-corrected chi connectivity index (χ1v) is 10.5. The van der Waals surface area contributed by atoms with Crippen LogP contribution >= 0.6 is 0 Å². The molecule has 3 nitrogen and oxygen atoms in total. The van der Waals surface area contributed by atoms with E-state index in [9.17, 15) is 4.79 Å². The van der Waals surface area contributed by atoms with Crippen LogP contribution in [0.1, 0.15) is 55.7 Å². The molecule has 4 rings (SSSR count). The smallest absolute Gasteiger partial charge is 0.199 e. The Morgan fingerprint density at radius 3 is 2.50 bits per heavy atom. The van der Waals surface area contributed by atoms with Gasteiger partial charge in [-0.25, -0.2) is 0 Å². The minimum absolute atomic E-state index is 0.0139. The number of hydrogen-bond acceptors (Lipinski definition) is 3. The number of fused-ring (bicyclic) bond motifs is 1. The summed E-state index contributed by atoms with van der Waals surface area (Å²) in [5.74, 6) is 1.25. The molecule has 0 bridgehead atoms. The monoisotopic (exact) mass is 376 g/mol. The molecule has 0 aliphatic heterocycles. The first-order valence-electron chi connectivity index (χ1n) is 10.5. The lowest BCUT2D eigenvalue weighted by atomic mass is 9.90. The zero-order chi connectivity index (χ0) is 19.3. The third kappa shape index (κ3) is 4.14. The van der Waals surface area contributed by atoms with Gasteiger partial charge >= 0.3 is 0 Å². The van der Waals surface area contributed by atoms with Crippen molar-refractivity contribution >= 4 is 11.0 Å². The summed E-state index contributed by atoms with van der Waals surface area (Å²) in [6, 6.07) is 14.0. The largest absolute Gasteiger partial charge is 0.492 e. The van der Waals surface area contributed by atoms with Crippen LogP contribution in [0, 0.1) is 5.92 Å². The number of aryl methyl sites for hydroxylation is 1. The number of benzene rings is 2. The van der Waals surface area contributed by atoms with Gasteiger partial charge in [0.1, 0.15) is 16.7 Å². The van der Waals surface area contributed by atoms with E-state index in [0.29, 0.717) is 41.2 Å². The molecule has 0 saturated heterocycles. The topological polar surface area (TPSA) is 39.4 Å². The van der Waals surface area contributed by atoms with Crippen LogP contribution < -0.4 is 10.2 Å². The van der Waals surface area contributed by atoms with Crippen molar-refractivity contribution < 1.29 is 9.15 Å². The maximum atomic E-state index is 13.2. The fourth-order valence-electron chi connectivity index (χ4n) is 4.10. The van der Waals surface area contributed by atoms with Crippen LogP contribution in [0.2, 0.25) is 0 Å². The number of rotatable bonds is 6. The SMILES string of the molecule is CCc1ccc(Cc2coc3cccc(OCC4CCCCC4)c3c2=O)cc1. The molecule has 0 amide bonds. The first-order chi connectivity index (χ1) is 13.7. The molecule has 1 saturated carbocycles. The summed E-state index contributed by atoms with van der Waals surface area (Å²) in [6.07, 6.45) is 9.52. The average Bonchev–Trinajstić information content (AvgIpc) is 2.75. The molecule has 2 aromatic carbocycles. The Morgan fingerprint density at radius 1 is 1.00 bits per heavy atom. The normalized spacial score (nSPS) is 15.0. The van der Waals surface area contributed by atoms with Gasteiger partial charge in [-0.3, -0.25) is 4.79 Å². The molecular weight excluding hydrogens is 348 g/mol. The van der Waals surface area contributed by atoms with Crippen molar-refractivity contribution in [1.82, 2.24) is 0 Å². The summed E-state index contributed by atoms with van der Waals surface area (Å²) in [4.78, 5) is 13.2. The lowest BCUT2D eigenvalue weighted by Crippen LogP contribution is -2.17. The Labute approximate surface area is 166 Å². The van der Waals surface area contributed by atoms with Gasteiger partial charge in [0, 0.05) is 12.0 Å². The molecular formula is C25H28O3. The average molecular weight is 376 g/mol. The van der Waals surface area contributed by atoms with Gasteiger partial charge in [0.05, 0.1) is 12.9 Å². The Morgan fingerprint density at radius 2 is 1.75 bits per heavy atom. The van der Waals surface area contributed by atoms with E-state index in [4.69, 9.17) is 9.15 Å².